The number of aliphatic carboxylic acids is 2. The number of nitrogens with one attached hydrogen (secondary N) is 3. The monoisotopic (exact) mass is 615 g/mol. The highest BCUT2D eigenvalue weighted by Crippen LogP contribution is 2.13. The first-order valence-corrected chi connectivity index (χ1v) is 13.5. The SMILES string of the molecule is NC(N)=NCCCC(NC(=O)C(N)Cc1ccc(O)cc1)C(=O)NC(CC(=O)O)C(=O)NC(Cc1ccc(O)cc1)C(=O)O. The van der Waals surface area contributed by atoms with E-state index in [2.05, 4.69) is 20.9 Å². The van der Waals surface area contributed by atoms with E-state index >= 15 is 0 Å². The zero-order valence-corrected chi connectivity index (χ0v) is 23.7. The zero-order chi connectivity index (χ0) is 32.8. The fraction of sp³-hybridized carbons (Fsp3) is 0.357. The highest BCUT2D eigenvalue weighted by Gasteiger charge is 2.31. The number of phenols is 2. The van der Waals surface area contributed by atoms with E-state index in [1.807, 2.05) is 0 Å². The van der Waals surface area contributed by atoms with Crippen molar-refractivity contribution in [1.29, 1.82) is 0 Å². The minimum Gasteiger partial charge on any atom is -0.508 e. The van der Waals surface area contributed by atoms with Gasteiger partial charge in [0.1, 0.15) is 29.6 Å². The summed E-state index contributed by atoms with van der Waals surface area (Å²) < 4.78 is 0. The lowest BCUT2D eigenvalue weighted by Crippen LogP contribution is -2.57. The summed E-state index contributed by atoms with van der Waals surface area (Å²) in [6, 6.07) is 5.97. The first kappa shape index (κ1) is 34.8. The molecule has 0 saturated carbocycles. The van der Waals surface area contributed by atoms with Crippen LogP contribution in [0.2, 0.25) is 0 Å². The normalized spacial score (nSPS) is 13.4. The molecule has 0 aliphatic carbocycles. The van der Waals surface area contributed by atoms with Crippen LogP contribution in [0, 0.1) is 0 Å². The number of carbonyl (C=O) groups is 5. The molecule has 0 fully saturated rings. The molecule has 0 radical (unpaired) electrons. The maximum absolute atomic E-state index is 13.3. The van der Waals surface area contributed by atoms with Gasteiger partial charge in [0, 0.05) is 13.0 Å². The molecule has 0 bridgehead atoms. The lowest BCUT2D eigenvalue weighted by molar-refractivity contribution is -0.143. The van der Waals surface area contributed by atoms with Gasteiger partial charge < -0.3 is 53.6 Å². The van der Waals surface area contributed by atoms with E-state index in [0.29, 0.717) is 11.1 Å². The fourth-order valence-electron chi connectivity index (χ4n) is 4.03. The number of rotatable bonds is 17. The topological polar surface area (TPSA) is 293 Å². The fourth-order valence-corrected chi connectivity index (χ4v) is 4.03. The maximum Gasteiger partial charge on any atom is 0.326 e. The van der Waals surface area contributed by atoms with Crippen molar-refractivity contribution in [3.8, 4) is 11.5 Å². The van der Waals surface area contributed by atoms with Gasteiger partial charge >= 0.3 is 11.9 Å². The Balaban J connectivity index is 2.18. The number of benzene rings is 2. The number of aliphatic imine (C=N–C) groups is 1. The molecule has 0 aliphatic rings. The number of guanidine groups is 1. The van der Waals surface area contributed by atoms with Crippen molar-refractivity contribution in [2.24, 2.45) is 22.2 Å². The molecular weight excluding hydrogens is 578 g/mol. The van der Waals surface area contributed by atoms with E-state index in [1.54, 1.807) is 12.1 Å². The molecular formula is C28H37N7O9. The summed E-state index contributed by atoms with van der Waals surface area (Å²) in [4.78, 5) is 66.4. The number of aromatic hydroxyl groups is 2. The average Bonchev–Trinajstić information content (AvgIpc) is 2.95. The molecule has 0 saturated heterocycles. The lowest BCUT2D eigenvalue weighted by Gasteiger charge is -2.24. The highest BCUT2D eigenvalue weighted by molar-refractivity contribution is 5.95. The van der Waals surface area contributed by atoms with Crippen LogP contribution >= 0.6 is 0 Å². The number of carbonyl (C=O) groups excluding carboxylic acids is 3. The van der Waals surface area contributed by atoms with Gasteiger partial charge in [-0.25, -0.2) is 4.79 Å². The highest BCUT2D eigenvalue weighted by atomic mass is 16.4. The quantitative estimate of drug-likeness (QED) is 0.0540. The molecule has 0 spiro atoms. The Labute approximate surface area is 252 Å². The molecule has 2 aromatic carbocycles. The molecule has 4 unspecified atom stereocenters. The van der Waals surface area contributed by atoms with Crippen molar-refractivity contribution < 1.29 is 44.4 Å². The maximum atomic E-state index is 13.3. The van der Waals surface area contributed by atoms with Crippen molar-refractivity contribution in [1.82, 2.24) is 16.0 Å². The molecule has 16 nitrogen and oxygen atoms in total. The van der Waals surface area contributed by atoms with Crippen LogP contribution in [0.1, 0.15) is 30.4 Å². The van der Waals surface area contributed by atoms with Crippen LogP contribution in [-0.4, -0.2) is 86.8 Å². The van der Waals surface area contributed by atoms with Gasteiger partial charge in [-0.15, -0.1) is 0 Å². The van der Waals surface area contributed by atoms with Crippen LogP contribution in [0.25, 0.3) is 0 Å². The number of nitrogens with zero attached hydrogens (tertiary/aromatic N) is 1. The third-order valence-electron chi connectivity index (χ3n) is 6.31. The Morgan fingerprint density at radius 3 is 1.68 bits per heavy atom. The number of carboxylic acid groups (broad SMARTS) is 2. The van der Waals surface area contributed by atoms with Crippen LogP contribution < -0.4 is 33.2 Å². The number of carboxylic acids is 2. The molecule has 0 aliphatic heterocycles. The Morgan fingerprint density at radius 1 is 0.705 bits per heavy atom. The zero-order valence-electron chi connectivity index (χ0n) is 23.7. The van der Waals surface area contributed by atoms with Crippen molar-refractivity contribution in [3.63, 3.8) is 0 Å². The predicted octanol–water partition coefficient (Wildman–Crippen LogP) is -1.72. The Hall–Kier alpha value is -5.38. The smallest absolute Gasteiger partial charge is 0.326 e. The van der Waals surface area contributed by atoms with E-state index in [9.17, 15) is 44.4 Å². The third-order valence-corrected chi connectivity index (χ3v) is 6.31. The molecule has 2 aromatic rings. The van der Waals surface area contributed by atoms with E-state index < -0.39 is 60.2 Å². The van der Waals surface area contributed by atoms with Gasteiger partial charge in [-0.1, -0.05) is 24.3 Å². The van der Waals surface area contributed by atoms with Gasteiger partial charge in [0.15, 0.2) is 5.96 Å². The van der Waals surface area contributed by atoms with Crippen molar-refractivity contribution in [2.45, 2.75) is 56.3 Å². The molecule has 0 heterocycles. The summed E-state index contributed by atoms with van der Waals surface area (Å²) in [5, 5.41) is 44.9. The van der Waals surface area contributed by atoms with E-state index in [4.69, 9.17) is 17.2 Å². The Morgan fingerprint density at radius 2 is 1.18 bits per heavy atom. The lowest BCUT2D eigenvalue weighted by atomic mass is 10.0. The summed E-state index contributed by atoms with van der Waals surface area (Å²) in [5.41, 5.74) is 17.8. The van der Waals surface area contributed by atoms with Crippen molar-refractivity contribution in [3.05, 3.63) is 59.7 Å². The molecule has 4 atom stereocenters. The molecule has 13 N–H and O–H groups in total. The minimum atomic E-state index is -1.70. The van der Waals surface area contributed by atoms with Gasteiger partial charge in [0.25, 0.3) is 0 Å². The molecule has 3 amide bonds. The van der Waals surface area contributed by atoms with E-state index in [-0.39, 0.29) is 49.7 Å². The predicted molar refractivity (Wildman–Crippen MR) is 157 cm³/mol. The van der Waals surface area contributed by atoms with Crippen molar-refractivity contribution in [2.75, 3.05) is 6.54 Å². The van der Waals surface area contributed by atoms with E-state index in [1.165, 1.54) is 36.4 Å². The van der Waals surface area contributed by atoms with Crippen LogP contribution in [-0.2, 0) is 36.8 Å². The second-order valence-corrected chi connectivity index (χ2v) is 9.92. The second kappa shape index (κ2) is 16.9. The molecule has 44 heavy (non-hydrogen) atoms. The number of hydrogen-bond acceptors (Lipinski definition) is 9. The van der Waals surface area contributed by atoms with Crippen LogP contribution in [0.3, 0.4) is 0 Å². The third kappa shape index (κ3) is 12.2. The minimum absolute atomic E-state index is 0.0271. The Kier molecular flexibility index (Phi) is 13.4. The van der Waals surface area contributed by atoms with Crippen molar-refractivity contribution >= 4 is 35.6 Å². The molecule has 2 rings (SSSR count). The molecule has 0 aromatic heterocycles. The summed E-state index contributed by atoms with van der Waals surface area (Å²) in [6.45, 7) is 0.0954. The number of amides is 3. The van der Waals surface area contributed by atoms with Gasteiger partial charge in [0.2, 0.25) is 17.7 Å². The number of nitrogens with two attached hydrogens (primary N) is 3. The van der Waals surface area contributed by atoms with E-state index in [0.717, 1.165) is 0 Å². The summed E-state index contributed by atoms with van der Waals surface area (Å²) in [7, 11) is 0. The van der Waals surface area contributed by atoms with Gasteiger partial charge in [0.05, 0.1) is 12.5 Å². The van der Waals surface area contributed by atoms with Gasteiger partial charge in [-0.2, -0.15) is 0 Å². The van der Waals surface area contributed by atoms with Gasteiger partial charge in [-0.05, 0) is 54.7 Å². The van der Waals surface area contributed by atoms with Crippen LogP contribution in [0.4, 0.5) is 0 Å². The number of hydrogen-bond donors (Lipinski definition) is 10. The summed E-state index contributed by atoms with van der Waals surface area (Å²) in [6.07, 6.45) is -0.848. The molecule has 238 valence electrons. The Bertz CT molecular complexity index is 1330. The van der Waals surface area contributed by atoms with Gasteiger partial charge in [-0.3, -0.25) is 24.2 Å². The first-order chi connectivity index (χ1) is 20.7. The summed E-state index contributed by atoms with van der Waals surface area (Å²) in [5.74, 6) is -5.81. The number of phenolic OH excluding ortho intramolecular Hbond substituents is 2. The second-order valence-electron chi connectivity index (χ2n) is 9.92. The summed E-state index contributed by atoms with van der Waals surface area (Å²) >= 11 is 0. The molecule has 16 heteroatoms. The largest absolute Gasteiger partial charge is 0.508 e. The van der Waals surface area contributed by atoms with Crippen LogP contribution in [0.5, 0.6) is 11.5 Å². The first-order valence-electron chi connectivity index (χ1n) is 13.5. The average molecular weight is 616 g/mol. The standard InChI is InChI=1S/C28H37N7O9/c29-19(12-15-3-7-17(36)8-4-15)24(40)33-20(2-1-11-32-28(30)31)25(41)34-21(14-23(38)39)26(42)35-22(27(43)44)13-16-5-9-18(37)10-6-16/h3-10,19-22,36-37H,1-2,11-14,29H2,(H,33,40)(H,34,41)(H,35,42)(H,38,39)(H,43,44)(H4,30,31,32). The van der Waals surface area contributed by atoms with Crippen LogP contribution in [0.15, 0.2) is 53.5 Å².